The number of rotatable bonds is 1. The third-order valence-corrected chi connectivity index (χ3v) is 3.44. The summed E-state index contributed by atoms with van der Waals surface area (Å²) in [6.45, 7) is 10.5. The minimum Gasteiger partial charge on any atom is -0.247 e. The summed E-state index contributed by atoms with van der Waals surface area (Å²) in [6.07, 6.45) is 2.77. The van der Waals surface area contributed by atoms with E-state index < -0.39 is 0 Å². The second-order valence-corrected chi connectivity index (χ2v) is 6.10. The van der Waals surface area contributed by atoms with E-state index >= 15 is 0 Å². The quantitative estimate of drug-likeness (QED) is 0.580. The molecule has 0 aromatic rings. The summed E-state index contributed by atoms with van der Waals surface area (Å²) in [5.41, 5.74) is 0.443. The van der Waals surface area contributed by atoms with E-state index in [1.54, 1.807) is 0 Å². The molecule has 0 radical (unpaired) electrons. The van der Waals surface area contributed by atoms with Gasteiger partial charge in [-0.1, -0.05) is 32.7 Å². The molecule has 0 amide bonds. The van der Waals surface area contributed by atoms with Gasteiger partial charge in [0, 0.05) is 18.3 Å². The number of hydrogen-bond donors (Lipinski definition) is 0. The zero-order valence-corrected chi connectivity index (χ0v) is 9.58. The second kappa shape index (κ2) is 4.01. The predicted molar refractivity (Wildman–Crippen MR) is 57.3 cm³/mol. The van der Waals surface area contributed by atoms with Crippen LogP contribution < -0.4 is 0 Å². The zero-order chi connectivity index (χ0) is 9.19. The molecular formula is C10H21NS. The van der Waals surface area contributed by atoms with Crippen LogP contribution in [0.25, 0.3) is 0 Å². The first-order valence-electron chi connectivity index (χ1n) is 4.88. The first-order chi connectivity index (χ1) is 5.49. The van der Waals surface area contributed by atoms with Crippen LogP contribution in [0.4, 0.5) is 0 Å². The fourth-order valence-corrected chi connectivity index (χ4v) is 2.87. The van der Waals surface area contributed by atoms with Crippen LogP contribution in [0.1, 0.15) is 40.5 Å². The van der Waals surface area contributed by atoms with Crippen LogP contribution in [0.3, 0.4) is 0 Å². The Labute approximate surface area is 81.0 Å². The van der Waals surface area contributed by atoms with Crippen LogP contribution in [0.2, 0.25) is 0 Å². The lowest BCUT2D eigenvalue weighted by molar-refractivity contribution is 0.244. The molecule has 0 bridgehead atoms. The van der Waals surface area contributed by atoms with Crippen molar-refractivity contribution in [2.24, 2.45) is 5.41 Å². The summed E-state index contributed by atoms with van der Waals surface area (Å²) in [7, 11) is 0. The van der Waals surface area contributed by atoms with Crippen LogP contribution in [0, 0.1) is 5.41 Å². The molecule has 0 aromatic heterocycles. The van der Waals surface area contributed by atoms with Crippen molar-refractivity contribution in [1.29, 1.82) is 0 Å². The smallest absolute Gasteiger partial charge is 0.0174 e. The van der Waals surface area contributed by atoms with E-state index in [1.807, 2.05) is 11.9 Å². The van der Waals surface area contributed by atoms with Crippen molar-refractivity contribution < 1.29 is 0 Å². The van der Waals surface area contributed by atoms with Gasteiger partial charge in [0.25, 0.3) is 0 Å². The summed E-state index contributed by atoms with van der Waals surface area (Å²) in [6, 6.07) is 0.781. The number of hydrogen-bond acceptors (Lipinski definition) is 2. The van der Waals surface area contributed by atoms with Crippen molar-refractivity contribution in [3.05, 3.63) is 0 Å². The minimum absolute atomic E-state index is 0.443. The van der Waals surface area contributed by atoms with Crippen molar-refractivity contribution in [3.8, 4) is 0 Å². The first kappa shape index (κ1) is 10.4. The van der Waals surface area contributed by atoms with Gasteiger partial charge in [0.1, 0.15) is 0 Å². The van der Waals surface area contributed by atoms with E-state index in [4.69, 9.17) is 0 Å². The molecule has 1 aliphatic rings. The molecule has 1 aliphatic heterocycles. The average molecular weight is 187 g/mol. The van der Waals surface area contributed by atoms with Gasteiger partial charge in [-0.15, -0.1) is 0 Å². The predicted octanol–water partition coefficient (Wildman–Crippen LogP) is 3.17. The van der Waals surface area contributed by atoms with E-state index in [0.29, 0.717) is 5.41 Å². The van der Waals surface area contributed by atoms with Gasteiger partial charge >= 0.3 is 0 Å². The fraction of sp³-hybridized carbons (Fsp3) is 1.00. The van der Waals surface area contributed by atoms with E-state index in [9.17, 15) is 0 Å². The molecule has 2 heteroatoms. The van der Waals surface area contributed by atoms with Crippen molar-refractivity contribution in [2.45, 2.75) is 46.6 Å². The highest BCUT2D eigenvalue weighted by molar-refractivity contribution is 7.97. The molecule has 1 heterocycles. The second-order valence-electron chi connectivity index (χ2n) is 4.96. The molecule has 0 unspecified atom stereocenters. The normalized spacial score (nSPS) is 27.5. The monoisotopic (exact) mass is 187 g/mol. The van der Waals surface area contributed by atoms with Crippen molar-refractivity contribution in [2.75, 3.05) is 12.3 Å². The molecule has 1 atom stereocenters. The molecule has 12 heavy (non-hydrogen) atoms. The van der Waals surface area contributed by atoms with Gasteiger partial charge in [-0.25, -0.2) is 4.31 Å². The van der Waals surface area contributed by atoms with Gasteiger partial charge in [-0.05, 0) is 25.2 Å². The molecule has 0 N–H and O–H groups in total. The number of nitrogens with zero attached hydrogens (tertiary/aromatic N) is 1. The van der Waals surface area contributed by atoms with Crippen LogP contribution in [-0.4, -0.2) is 22.6 Å². The molecular weight excluding hydrogens is 166 g/mol. The molecule has 1 saturated heterocycles. The third kappa shape index (κ3) is 3.36. The van der Waals surface area contributed by atoms with Crippen LogP contribution >= 0.6 is 11.9 Å². The van der Waals surface area contributed by atoms with Gasteiger partial charge in [0.2, 0.25) is 0 Å². The first-order valence-corrected chi connectivity index (χ1v) is 5.83. The standard InChI is InChI=1S/C10H21NS/c1-9-6-5-7-12-11(9)8-10(2,3)4/h9H,5-8H2,1-4H3/t9-/m1/s1. The van der Waals surface area contributed by atoms with Crippen LogP contribution in [0.15, 0.2) is 0 Å². The van der Waals surface area contributed by atoms with Crippen molar-refractivity contribution in [1.82, 2.24) is 4.31 Å². The van der Waals surface area contributed by atoms with Crippen molar-refractivity contribution in [3.63, 3.8) is 0 Å². The molecule has 72 valence electrons. The highest BCUT2D eigenvalue weighted by Crippen LogP contribution is 2.29. The SMILES string of the molecule is C[C@@H]1CCCSN1CC(C)(C)C. The van der Waals surface area contributed by atoms with Crippen molar-refractivity contribution >= 4 is 11.9 Å². The molecule has 1 fully saturated rings. The Morgan fingerprint density at radius 3 is 2.58 bits per heavy atom. The Hall–Kier alpha value is 0.310. The van der Waals surface area contributed by atoms with E-state index in [0.717, 1.165) is 6.04 Å². The molecule has 1 rings (SSSR count). The fourth-order valence-electron chi connectivity index (χ4n) is 1.50. The van der Waals surface area contributed by atoms with Crippen LogP contribution in [0.5, 0.6) is 0 Å². The summed E-state index contributed by atoms with van der Waals surface area (Å²) >= 11 is 2.03. The summed E-state index contributed by atoms with van der Waals surface area (Å²) < 4.78 is 2.56. The van der Waals surface area contributed by atoms with Gasteiger partial charge in [0.15, 0.2) is 0 Å². The molecule has 0 spiro atoms. The molecule has 0 aliphatic carbocycles. The Morgan fingerprint density at radius 2 is 2.08 bits per heavy atom. The van der Waals surface area contributed by atoms with E-state index in [1.165, 1.54) is 25.1 Å². The molecule has 0 saturated carbocycles. The van der Waals surface area contributed by atoms with Gasteiger partial charge in [-0.3, -0.25) is 0 Å². The Balaban J connectivity index is 2.39. The molecule has 0 aromatic carbocycles. The summed E-state index contributed by atoms with van der Waals surface area (Å²) in [5.74, 6) is 1.32. The van der Waals surface area contributed by atoms with Crippen LogP contribution in [-0.2, 0) is 0 Å². The van der Waals surface area contributed by atoms with E-state index in [-0.39, 0.29) is 0 Å². The zero-order valence-electron chi connectivity index (χ0n) is 8.76. The lowest BCUT2D eigenvalue weighted by atomic mass is 9.96. The minimum atomic E-state index is 0.443. The van der Waals surface area contributed by atoms with Gasteiger partial charge < -0.3 is 0 Å². The lowest BCUT2D eigenvalue weighted by Crippen LogP contribution is -2.36. The van der Waals surface area contributed by atoms with Gasteiger partial charge in [-0.2, -0.15) is 0 Å². The average Bonchev–Trinajstić information content (AvgIpc) is 1.91. The highest BCUT2D eigenvalue weighted by atomic mass is 32.2. The third-order valence-electron chi connectivity index (χ3n) is 2.15. The van der Waals surface area contributed by atoms with Gasteiger partial charge in [0.05, 0.1) is 0 Å². The summed E-state index contributed by atoms with van der Waals surface area (Å²) in [5, 5.41) is 0. The Morgan fingerprint density at radius 1 is 1.42 bits per heavy atom. The highest BCUT2D eigenvalue weighted by Gasteiger charge is 2.23. The lowest BCUT2D eigenvalue weighted by Gasteiger charge is -2.36. The Bertz CT molecular complexity index is 139. The largest absolute Gasteiger partial charge is 0.247 e. The maximum atomic E-state index is 2.56. The maximum absolute atomic E-state index is 2.56. The topological polar surface area (TPSA) is 3.24 Å². The molecule has 1 nitrogen and oxygen atoms in total. The van der Waals surface area contributed by atoms with E-state index in [2.05, 4.69) is 32.0 Å². The summed E-state index contributed by atoms with van der Waals surface area (Å²) in [4.78, 5) is 0. The maximum Gasteiger partial charge on any atom is 0.0174 e. The Kier molecular flexibility index (Phi) is 3.47.